The number of methoxy groups -OCH3 is 1. The number of nitrogens with one attached hydrogen (secondary N) is 1. The summed E-state index contributed by atoms with van der Waals surface area (Å²) in [5.41, 5.74) is 1.96. The molecule has 120 valence electrons. The van der Waals surface area contributed by atoms with Crippen LogP contribution in [0.5, 0.6) is 0 Å². The minimum absolute atomic E-state index is 0.150. The van der Waals surface area contributed by atoms with Gasteiger partial charge in [0.05, 0.1) is 18.1 Å². The van der Waals surface area contributed by atoms with Crippen LogP contribution in [0.15, 0.2) is 41.6 Å². The Morgan fingerprint density at radius 1 is 1.32 bits per heavy atom. The van der Waals surface area contributed by atoms with Gasteiger partial charge in [-0.2, -0.15) is 5.10 Å². The van der Waals surface area contributed by atoms with Gasteiger partial charge in [0.2, 0.25) is 10.0 Å². The normalized spacial score (nSPS) is 13.2. The van der Waals surface area contributed by atoms with E-state index in [1.165, 1.54) is 12.4 Å². The van der Waals surface area contributed by atoms with Crippen molar-refractivity contribution in [1.82, 2.24) is 14.5 Å². The van der Waals surface area contributed by atoms with Crippen molar-refractivity contribution in [3.05, 3.63) is 42.2 Å². The Bertz CT molecular complexity index is 708. The van der Waals surface area contributed by atoms with Crippen LogP contribution in [0.4, 0.5) is 0 Å². The summed E-state index contributed by atoms with van der Waals surface area (Å²) in [6.07, 6.45) is 3.48. The van der Waals surface area contributed by atoms with Gasteiger partial charge in [-0.15, -0.1) is 0 Å². The molecular formula is C15H21N3O3S. The van der Waals surface area contributed by atoms with Crippen LogP contribution in [-0.4, -0.2) is 38.0 Å². The van der Waals surface area contributed by atoms with Crippen LogP contribution in [0.25, 0.3) is 5.69 Å². The number of aryl methyl sites for hydroxylation is 1. The van der Waals surface area contributed by atoms with Gasteiger partial charge in [0.25, 0.3) is 0 Å². The van der Waals surface area contributed by atoms with E-state index in [-0.39, 0.29) is 10.9 Å². The summed E-state index contributed by atoms with van der Waals surface area (Å²) in [5.74, 6) is 0. The lowest BCUT2D eigenvalue weighted by atomic mass is 10.2. The number of nitrogens with zero attached hydrogens (tertiary/aromatic N) is 2. The molecule has 0 saturated carbocycles. The molecule has 1 N–H and O–H groups in total. The van der Waals surface area contributed by atoms with Crippen molar-refractivity contribution < 1.29 is 13.2 Å². The van der Waals surface area contributed by atoms with Gasteiger partial charge in [0.1, 0.15) is 4.90 Å². The molecule has 0 saturated heterocycles. The van der Waals surface area contributed by atoms with Gasteiger partial charge in [-0.3, -0.25) is 0 Å². The number of hydrogen-bond donors (Lipinski definition) is 1. The first kappa shape index (κ1) is 16.7. The molecular weight excluding hydrogens is 302 g/mol. The van der Waals surface area contributed by atoms with E-state index in [4.69, 9.17) is 4.74 Å². The molecule has 1 aromatic heterocycles. The van der Waals surface area contributed by atoms with E-state index in [1.54, 1.807) is 18.7 Å². The van der Waals surface area contributed by atoms with Gasteiger partial charge in [-0.25, -0.2) is 17.8 Å². The molecule has 22 heavy (non-hydrogen) atoms. The zero-order valence-electron chi connectivity index (χ0n) is 13.0. The number of benzene rings is 1. The van der Waals surface area contributed by atoms with Gasteiger partial charge in [0, 0.05) is 19.8 Å². The monoisotopic (exact) mass is 323 g/mol. The summed E-state index contributed by atoms with van der Waals surface area (Å²) in [6.45, 7) is 4.31. The molecule has 6 nitrogen and oxygen atoms in total. The Labute approximate surface area is 131 Å². The quantitative estimate of drug-likeness (QED) is 0.844. The maximum absolute atomic E-state index is 12.3. The highest BCUT2D eigenvalue weighted by atomic mass is 32.2. The fourth-order valence-electron chi connectivity index (χ4n) is 1.97. The predicted molar refractivity (Wildman–Crippen MR) is 84.6 cm³/mol. The van der Waals surface area contributed by atoms with Crippen LogP contribution < -0.4 is 4.72 Å². The summed E-state index contributed by atoms with van der Waals surface area (Å²) < 4.78 is 33.7. The highest BCUT2D eigenvalue weighted by Gasteiger charge is 2.19. The average Bonchev–Trinajstić information content (AvgIpc) is 2.96. The van der Waals surface area contributed by atoms with Crippen LogP contribution in [0.3, 0.4) is 0 Å². The smallest absolute Gasteiger partial charge is 0.243 e. The lowest BCUT2D eigenvalue weighted by molar-refractivity contribution is 0.188. The van der Waals surface area contributed by atoms with Crippen LogP contribution >= 0.6 is 0 Å². The molecule has 0 aliphatic carbocycles. The number of hydrogen-bond acceptors (Lipinski definition) is 4. The number of aromatic nitrogens is 2. The molecule has 0 aliphatic heterocycles. The van der Waals surface area contributed by atoms with Gasteiger partial charge in [0.15, 0.2) is 0 Å². The van der Waals surface area contributed by atoms with Crippen LogP contribution in [0.2, 0.25) is 0 Å². The third-order valence-electron chi connectivity index (χ3n) is 3.28. The Morgan fingerprint density at radius 2 is 2.00 bits per heavy atom. The summed E-state index contributed by atoms with van der Waals surface area (Å²) in [7, 11) is -1.98. The van der Waals surface area contributed by atoms with Crippen molar-refractivity contribution in [1.29, 1.82) is 0 Å². The standard InChI is InChI=1S/C15H21N3O3S/c1-12-4-6-14(7-5-12)18-11-15(10-16-18)22(19,20)17-13(2)8-9-21-3/h4-7,10-11,13,17H,8-9H2,1-3H3. The maximum atomic E-state index is 12.3. The summed E-state index contributed by atoms with van der Waals surface area (Å²) in [5, 5.41) is 4.12. The Balaban J connectivity index is 2.14. The Morgan fingerprint density at radius 3 is 2.64 bits per heavy atom. The van der Waals surface area contributed by atoms with E-state index in [9.17, 15) is 8.42 Å². The fourth-order valence-corrected chi connectivity index (χ4v) is 3.18. The number of sulfonamides is 1. The highest BCUT2D eigenvalue weighted by Crippen LogP contribution is 2.13. The zero-order valence-corrected chi connectivity index (χ0v) is 13.8. The van der Waals surface area contributed by atoms with E-state index in [0.29, 0.717) is 13.0 Å². The van der Waals surface area contributed by atoms with E-state index >= 15 is 0 Å². The molecule has 1 atom stereocenters. The second-order valence-corrected chi connectivity index (χ2v) is 6.97. The molecule has 1 aromatic carbocycles. The van der Waals surface area contributed by atoms with Crippen molar-refractivity contribution in [2.45, 2.75) is 31.2 Å². The Kier molecular flexibility index (Phi) is 5.33. The predicted octanol–water partition coefficient (Wildman–Crippen LogP) is 1.88. The lowest BCUT2D eigenvalue weighted by Gasteiger charge is -2.12. The van der Waals surface area contributed by atoms with Crippen molar-refractivity contribution in [2.75, 3.05) is 13.7 Å². The van der Waals surface area contributed by atoms with Crippen LogP contribution in [0, 0.1) is 6.92 Å². The second-order valence-electron chi connectivity index (χ2n) is 5.26. The van der Waals surface area contributed by atoms with Crippen molar-refractivity contribution >= 4 is 10.0 Å². The summed E-state index contributed by atoms with van der Waals surface area (Å²) >= 11 is 0. The molecule has 0 bridgehead atoms. The van der Waals surface area contributed by atoms with Gasteiger partial charge in [-0.05, 0) is 32.4 Å². The van der Waals surface area contributed by atoms with Gasteiger partial charge < -0.3 is 4.74 Å². The topological polar surface area (TPSA) is 73.2 Å². The van der Waals surface area contributed by atoms with Crippen molar-refractivity contribution in [3.63, 3.8) is 0 Å². The minimum Gasteiger partial charge on any atom is -0.385 e. The lowest BCUT2D eigenvalue weighted by Crippen LogP contribution is -2.33. The molecule has 0 fully saturated rings. The average molecular weight is 323 g/mol. The minimum atomic E-state index is -3.57. The highest BCUT2D eigenvalue weighted by molar-refractivity contribution is 7.89. The van der Waals surface area contributed by atoms with E-state index in [1.807, 2.05) is 31.2 Å². The molecule has 0 spiro atoms. The third kappa shape index (κ3) is 4.16. The first-order valence-corrected chi connectivity index (χ1v) is 8.53. The second kappa shape index (κ2) is 7.04. The summed E-state index contributed by atoms with van der Waals surface area (Å²) in [4.78, 5) is 0.150. The van der Waals surface area contributed by atoms with Crippen LogP contribution in [-0.2, 0) is 14.8 Å². The molecule has 2 aromatic rings. The van der Waals surface area contributed by atoms with E-state index in [0.717, 1.165) is 11.3 Å². The van der Waals surface area contributed by atoms with Crippen molar-refractivity contribution in [2.24, 2.45) is 0 Å². The largest absolute Gasteiger partial charge is 0.385 e. The van der Waals surface area contributed by atoms with Crippen molar-refractivity contribution in [3.8, 4) is 5.69 Å². The molecule has 1 heterocycles. The van der Waals surface area contributed by atoms with Crippen LogP contribution in [0.1, 0.15) is 18.9 Å². The third-order valence-corrected chi connectivity index (χ3v) is 4.82. The van der Waals surface area contributed by atoms with Gasteiger partial charge >= 0.3 is 0 Å². The molecule has 7 heteroatoms. The maximum Gasteiger partial charge on any atom is 0.243 e. The van der Waals surface area contributed by atoms with E-state index < -0.39 is 10.0 Å². The molecule has 1 unspecified atom stereocenters. The molecule has 0 aliphatic rings. The molecule has 0 amide bonds. The first-order valence-electron chi connectivity index (χ1n) is 7.05. The molecule has 0 radical (unpaired) electrons. The van der Waals surface area contributed by atoms with Gasteiger partial charge in [-0.1, -0.05) is 17.7 Å². The summed E-state index contributed by atoms with van der Waals surface area (Å²) in [6, 6.07) is 7.50. The van der Waals surface area contributed by atoms with E-state index in [2.05, 4.69) is 9.82 Å². The number of rotatable bonds is 7. The fraction of sp³-hybridized carbons (Fsp3) is 0.400. The SMILES string of the molecule is COCCC(C)NS(=O)(=O)c1cnn(-c2ccc(C)cc2)c1. The zero-order chi connectivity index (χ0) is 16.2. The Hall–Kier alpha value is -1.70. The molecule has 2 rings (SSSR count). The first-order chi connectivity index (χ1) is 10.4. The number of ether oxygens (including phenoxy) is 1.